The van der Waals surface area contributed by atoms with Crippen LogP contribution in [0.25, 0.3) is 0 Å². The first kappa shape index (κ1) is 14.2. The predicted octanol–water partition coefficient (Wildman–Crippen LogP) is 2.74. The van der Waals surface area contributed by atoms with Crippen LogP contribution in [0.2, 0.25) is 0 Å². The van der Waals surface area contributed by atoms with Crippen LogP contribution < -0.4 is 5.32 Å². The van der Waals surface area contributed by atoms with E-state index in [9.17, 15) is 22.8 Å². The summed E-state index contributed by atoms with van der Waals surface area (Å²) in [5.41, 5.74) is 0.326. The van der Waals surface area contributed by atoms with Crippen LogP contribution in [0.3, 0.4) is 0 Å². The van der Waals surface area contributed by atoms with Crippen molar-refractivity contribution in [1.29, 1.82) is 0 Å². The third kappa shape index (κ3) is 2.86. The number of carbonyl (C=O) groups excluding carboxylic acids is 1. The molecule has 0 atom stereocenters. The standard InChI is InChI=1S/C10H8F3NO3S2/c11-10(12,13)9(17)14-7-6(8(15)16)4-1-2-18-3-5(4)19-7/h1-3H2,(H,14,17)(H,15,16). The molecule has 19 heavy (non-hydrogen) atoms. The first-order chi connectivity index (χ1) is 8.80. The van der Waals surface area contributed by atoms with E-state index < -0.39 is 18.1 Å². The number of carboxylic acid groups (broad SMARTS) is 1. The molecule has 1 aliphatic heterocycles. The van der Waals surface area contributed by atoms with Gasteiger partial charge in [-0.3, -0.25) is 4.79 Å². The number of thiophene rings is 1. The molecule has 0 spiro atoms. The fourth-order valence-electron chi connectivity index (χ4n) is 1.72. The summed E-state index contributed by atoms with van der Waals surface area (Å²) in [6.45, 7) is 0. The second-order valence-electron chi connectivity index (χ2n) is 3.77. The van der Waals surface area contributed by atoms with Crippen LogP contribution in [0, 0.1) is 0 Å². The molecule has 1 aromatic rings. The van der Waals surface area contributed by atoms with E-state index in [1.54, 1.807) is 17.1 Å². The van der Waals surface area contributed by atoms with E-state index >= 15 is 0 Å². The van der Waals surface area contributed by atoms with Gasteiger partial charge in [-0.1, -0.05) is 0 Å². The molecule has 1 amide bonds. The fourth-order valence-corrected chi connectivity index (χ4v) is 4.09. The number of anilines is 1. The average Bonchev–Trinajstić information content (AvgIpc) is 2.65. The molecule has 1 aliphatic rings. The molecule has 2 rings (SSSR count). The summed E-state index contributed by atoms with van der Waals surface area (Å²) < 4.78 is 36.6. The van der Waals surface area contributed by atoms with Crippen LogP contribution in [-0.2, 0) is 17.0 Å². The lowest BCUT2D eigenvalue weighted by molar-refractivity contribution is -0.167. The third-order valence-corrected chi connectivity index (χ3v) is 4.83. The van der Waals surface area contributed by atoms with Gasteiger partial charge in [-0.05, 0) is 17.7 Å². The van der Waals surface area contributed by atoms with Crippen LogP contribution >= 0.6 is 23.1 Å². The van der Waals surface area contributed by atoms with E-state index in [4.69, 9.17) is 5.11 Å². The van der Waals surface area contributed by atoms with Gasteiger partial charge in [0.25, 0.3) is 0 Å². The Morgan fingerprint density at radius 2 is 2.00 bits per heavy atom. The van der Waals surface area contributed by atoms with Crippen molar-refractivity contribution in [3.05, 3.63) is 16.0 Å². The first-order valence-corrected chi connectivity index (χ1v) is 7.11. The minimum absolute atomic E-state index is 0.210. The van der Waals surface area contributed by atoms with Gasteiger partial charge in [0.15, 0.2) is 0 Å². The van der Waals surface area contributed by atoms with E-state index in [-0.39, 0.29) is 10.6 Å². The fraction of sp³-hybridized carbons (Fsp3) is 0.400. The van der Waals surface area contributed by atoms with E-state index in [1.165, 1.54) is 0 Å². The molecule has 4 nitrogen and oxygen atoms in total. The van der Waals surface area contributed by atoms with E-state index in [1.807, 2.05) is 0 Å². The van der Waals surface area contributed by atoms with Gasteiger partial charge in [0, 0.05) is 10.6 Å². The second kappa shape index (κ2) is 5.04. The van der Waals surface area contributed by atoms with Crippen LogP contribution in [0.15, 0.2) is 0 Å². The number of hydrogen-bond donors (Lipinski definition) is 2. The lowest BCUT2D eigenvalue weighted by Crippen LogP contribution is -2.30. The van der Waals surface area contributed by atoms with Gasteiger partial charge in [-0.15, -0.1) is 11.3 Å². The summed E-state index contributed by atoms with van der Waals surface area (Å²) in [7, 11) is 0. The molecule has 104 valence electrons. The molecule has 0 aliphatic carbocycles. The normalized spacial score (nSPS) is 14.9. The lowest BCUT2D eigenvalue weighted by Gasteiger charge is -2.10. The Balaban J connectivity index is 2.38. The largest absolute Gasteiger partial charge is 0.478 e. The summed E-state index contributed by atoms with van der Waals surface area (Å²) in [4.78, 5) is 22.8. The Hall–Kier alpha value is -1.22. The average molecular weight is 311 g/mol. The Morgan fingerprint density at radius 3 is 2.58 bits per heavy atom. The number of thioether (sulfide) groups is 1. The highest BCUT2D eigenvalue weighted by atomic mass is 32.2. The Bertz CT molecular complexity index is 539. The lowest BCUT2D eigenvalue weighted by atomic mass is 10.1. The van der Waals surface area contributed by atoms with Crippen molar-refractivity contribution >= 4 is 40.0 Å². The highest BCUT2D eigenvalue weighted by molar-refractivity contribution is 7.98. The van der Waals surface area contributed by atoms with Gasteiger partial charge in [-0.25, -0.2) is 4.79 Å². The molecule has 0 aromatic carbocycles. The smallest absolute Gasteiger partial charge is 0.471 e. The zero-order valence-electron chi connectivity index (χ0n) is 9.34. The molecular weight excluding hydrogens is 303 g/mol. The molecule has 2 N–H and O–H groups in total. The Morgan fingerprint density at radius 1 is 1.32 bits per heavy atom. The minimum atomic E-state index is -5.03. The predicted molar refractivity (Wildman–Crippen MR) is 65.8 cm³/mol. The third-order valence-electron chi connectivity index (χ3n) is 2.52. The van der Waals surface area contributed by atoms with Gasteiger partial charge in [0.1, 0.15) is 5.00 Å². The number of alkyl halides is 3. The number of fused-ring (bicyclic) bond motifs is 1. The number of nitrogens with one attached hydrogen (secondary N) is 1. The van der Waals surface area contributed by atoms with Crippen molar-refractivity contribution in [3.8, 4) is 0 Å². The number of rotatable bonds is 2. The van der Waals surface area contributed by atoms with Gasteiger partial charge in [-0.2, -0.15) is 24.9 Å². The summed E-state index contributed by atoms with van der Waals surface area (Å²) in [6.07, 6.45) is -4.55. The van der Waals surface area contributed by atoms with Crippen molar-refractivity contribution in [2.45, 2.75) is 18.3 Å². The van der Waals surface area contributed by atoms with Gasteiger partial charge in [0.2, 0.25) is 0 Å². The second-order valence-corrected chi connectivity index (χ2v) is 5.98. The molecule has 0 fully saturated rings. The SMILES string of the molecule is O=C(O)c1c(NC(=O)C(F)(F)F)sc2c1CCSC2. The molecule has 0 bridgehead atoms. The van der Waals surface area contributed by atoms with E-state index in [0.717, 1.165) is 17.1 Å². The maximum atomic E-state index is 12.2. The number of aromatic carboxylic acids is 1. The highest BCUT2D eigenvalue weighted by Gasteiger charge is 2.40. The summed E-state index contributed by atoms with van der Waals surface area (Å²) in [5, 5.41) is 10.5. The Labute approximate surface area is 114 Å². The van der Waals surface area contributed by atoms with Crippen molar-refractivity contribution in [2.24, 2.45) is 0 Å². The highest BCUT2D eigenvalue weighted by Crippen LogP contribution is 2.39. The molecule has 0 saturated carbocycles. The molecule has 0 radical (unpaired) electrons. The van der Waals surface area contributed by atoms with Gasteiger partial charge in [0.05, 0.1) is 5.56 Å². The van der Waals surface area contributed by atoms with E-state index in [0.29, 0.717) is 22.6 Å². The van der Waals surface area contributed by atoms with Crippen LogP contribution in [-0.4, -0.2) is 28.9 Å². The van der Waals surface area contributed by atoms with Crippen LogP contribution in [0.4, 0.5) is 18.2 Å². The number of hydrogen-bond acceptors (Lipinski definition) is 4. The maximum absolute atomic E-state index is 12.2. The topological polar surface area (TPSA) is 66.4 Å². The van der Waals surface area contributed by atoms with Crippen molar-refractivity contribution in [1.82, 2.24) is 0 Å². The van der Waals surface area contributed by atoms with Gasteiger partial charge < -0.3 is 10.4 Å². The number of carboxylic acids is 1. The monoisotopic (exact) mass is 311 g/mol. The molecule has 0 unspecified atom stereocenters. The molecule has 9 heteroatoms. The van der Waals surface area contributed by atoms with Crippen molar-refractivity contribution in [2.75, 3.05) is 11.1 Å². The molecular formula is C10H8F3NO3S2. The summed E-state index contributed by atoms with van der Waals surface area (Å²) >= 11 is 2.48. The van der Waals surface area contributed by atoms with Crippen LogP contribution in [0.5, 0.6) is 0 Å². The van der Waals surface area contributed by atoms with Crippen molar-refractivity contribution < 1.29 is 27.9 Å². The molecule has 2 heterocycles. The Kier molecular flexibility index (Phi) is 3.77. The molecule has 1 aromatic heterocycles. The number of carbonyl (C=O) groups is 2. The summed E-state index contributed by atoms with van der Waals surface area (Å²) in [6, 6.07) is 0. The minimum Gasteiger partial charge on any atom is -0.478 e. The zero-order valence-corrected chi connectivity index (χ0v) is 11.0. The molecule has 0 saturated heterocycles. The number of amides is 1. The quantitative estimate of drug-likeness (QED) is 0.881. The van der Waals surface area contributed by atoms with E-state index in [2.05, 4.69) is 0 Å². The van der Waals surface area contributed by atoms with Gasteiger partial charge >= 0.3 is 18.1 Å². The summed E-state index contributed by atoms with van der Waals surface area (Å²) in [5.74, 6) is -2.19. The zero-order chi connectivity index (χ0) is 14.2. The number of halogens is 3. The van der Waals surface area contributed by atoms with Crippen LogP contribution in [0.1, 0.15) is 20.8 Å². The van der Waals surface area contributed by atoms with Crippen molar-refractivity contribution in [3.63, 3.8) is 0 Å². The first-order valence-electron chi connectivity index (χ1n) is 5.14. The maximum Gasteiger partial charge on any atom is 0.471 e.